The van der Waals surface area contributed by atoms with E-state index in [0.717, 1.165) is 44.5 Å². The molecule has 41 heavy (non-hydrogen) atoms. The van der Waals surface area contributed by atoms with Crippen molar-refractivity contribution in [2.45, 2.75) is 66.2 Å². The van der Waals surface area contributed by atoms with E-state index >= 15 is 0 Å². The normalized spacial score (nSPS) is 20.3. The first-order valence-electron chi connectivity index (χ1n) is 15.3. The minimum Gasteiger partial charge on any atom is -0.507 e. The van der Waals surface area contributed by atoms with E-state index in [1.165, 1.54) is 62.0 Å². The largest absolute Gasteiger partial charge is 0.507 e. The molecule has 1 saturated heterocycles. The molecule has 0 aromatic heterocycles. The molecule has 4 aromatic rings. The number of phenols is 1. The van der Waals surface area contributed by atoms with Gasteiger partial charge >= 0.3 is 0 Å². The van der Waals surface area contributed by atoms with Gasteiger partial charge in [-0.3, -0.25) is 0 Å². The second-order valence-corrected chi connectivity index (χ2v) is 14.7. The Morgan fingerprint density at radius 1 is 0.707 bits per heavy atom. The Kier molecular flexibility index (Phi) is 5.90. The number of anilines is 1. The topological polar surface area (TPSA) is 32.7 Å². The van der Waals surface area contributed by atoms with Crippen LogP contribution in [0.1, 0.15) is 69.2 Å². The number of ether oxygens (including phenoxy) is 1. The molecule has 3 heteroatoms. The van der Waals surface area contributed by atoms with Crippen LogP contribution in [0, 0.1) is 24.7 Å². The quantitative estimate of drug-likeness (QED) is 0.273. The number of hydrogen-bond acceptors (Lipinski definition) is 3. The van der Waals surface area contributed by atoms with Gasteiger partial charge in [0.25, 0.3) is 0 Å². The summed E-state index contributed by atoms with van der Waals surface area (Å²) in [5, 5.41) is 13.8. The zero-order valence-corrected chi connectivity index (χ0v) is 25.5. The van der Waals surface area contributed by atoms with Crippen molar-refractivity contribution in [3.05, 3.63) is 82.9 Å². The van der Waals surface area contributed by atoms with Crippen LogP contribution in [-0.4, -0.2) is 31.4 Å². The first-order valence-corrected chi connectivity index (χ1v) is 15.3. The van der Waals surface area contributed by atoms with Gasteiger partial charge in [-0.15, -0.1) is 0 Å². The average molecular weight is 546 g/mol. The first-order chi connectivity index (χ1) is 19.5. The van der Waals surface area contributed by atoms with Crippen LogP contribution in [0.2, 0.25) is 0 Å². The fourth-order valence-corrected chi connectivity index (χ4v) is 9.13. The van der Waals surface area contributed by atoms with E-state index in [4.69, 9.17) is 4.74 Å². The summed E-state index contributed by atoms with van der Waals surface area (Å²) in [5.41, 5.74) is 12.0. The molecule has 0 unspecified atom stereocenters. The Morgan fingerprint density at radius 2 is 1.39 bits per heavy atom. The lowest BCUT2D eigenvalue weighted by molar-refractivity contribution is 0.0645. The summed E-state index contributed by atoms with van der Waals surface area (Å²) < 4.78 is 5.53. The van der Waals surface area contributed by atoms with Gasteiger partial charge in [-0.2, -0.15) is 0 Å². The van der Waals surface area contributed by atoms with Gasteiger partial charge in [-0.05, 0) is 113 Å². The number of phenolic OH excluding ortho intramolecular Hbond substituents is 1. The molecule has 1 aliphatic heterocycles. The van der Waals surface area contributed by atoms with Crippen molar-refractivity contribution in [3.8, 4) is 28.0 Å². The number of aryl methyl sites for hydroxylation is 2. The maximum Gasteiger partial charge on any atom is 0.123 e. The molecule has 0 bridgehead atoms. The third-order valence-corrected chi connectivity index (χ3v) is 10.0. The van der Waals surface area contributed by atoms with Crippen LogP contribution in [-0.2, 0) is 10.2 Å². The maximum absolute atomic E-state index is 11.7. The monoisotopic (exact) mass is 545 g/mol. The van der Waals surface area contributed by atoms with Crippen LogP contribution in [0.5, 0.6) is 5.75 Å². The Bertz CT molecular complexity index is 1660. The molecular formula is C38H43NO2. The first kappa shape index (κ1) is 26.6. The van der Waals surface area contributed by atoms with Crippen LogP contribution in [0.15, 0.2) is 60.7 Å². The Labute approximate surface area is 245 Å². The third-order valence-electron chi connectivity index (χ3n) is 10.0. The van der Waals surface area contributed by atoms with Crippen LogP contribution < -0.4 is 4.90 Å². The highest BCUT2D eigenvalue weighted by molar-refractivity contribution is 6.07. The molecule has 0 atom stereocenters. The lowest BCUT2D eigenvalue weighted by Crippen LogP contribution is -2.43. The van der Waals surface area contributed by atoms with E-state index in [1.54, 1.807) is 0 Å². The predicted molar refractivity (Wildman–Crippen MR) is 171 cm³/mol. The molecule has 3 nitrogen and oxygen atoms in total. The van der Waals surface area contributed by atoms with Crippen molar-refractivity contribution < 1.29 is 9.84 Å². The fourth-order valence-electron chi connectivity index (χ4n) is 9.13. The van der Waals surface area contributed by atoms with Gasteiger partial charge in [0.1, 0.15) is 5.75 Å². The number of morpholine rings is 1. The summed E-state index contributed by atoms with van der Waals surface area (Å²) in [6.07, 6.45) is 3.42. The SMILES string of the molecule is Cc1ccc2c(c1)C1(CC(C)(C)CC(C)(C)C1)c1cc(O)c3cc(-c4ccc(N5CCOCC5)cc4)c(C)cc3c1-2. The summed E-state index contributed by atoms with van der Waals surface area (Å²) >= 11 is 0. The van der Waals surface area contributed by atoms with E-state index in [-0.39, 0.29) is 16.2 Å². The summed E-state index contributed by atoms with van der Waals surface area (Å²) in [6, 6.07) is 22.6. The van der Waals surface area contributed by atoms with Crippen molar-refractivity contribution in [2.24, 2.45) is 10.8 Å². The van der Waals surface area contributed by atoms with Crippen LogP contribution in [0.25, 0.3) is 33.0 Å². The Hall–Kier alpha value is -3.30. The van der Waals surface area contributed by atoms with E-state index in [0.29, 0.717) is 5.75 Å². The van der Waals surface area contributed by atoms with Crippen molar-refractivity contribution in [3.63, 3.8) is 0 Å². The lowest BCUT2D eigenvalue weighted by Gasteiger charge is -2.51. The summed E-state index contributed by atoms with van der Waals surface area (Å²) in [4.78, 5) is 2.39. The fraction of sp³-hybridized carbons (Fsp3) is 0.421. The van der Waals surface area contributed by atoms with Gasteiger partial charge in [0.15, 0.2) is 0 Å². The average Bonchev–Trinajstić information content (AvgIpc) is 3.15. The van der Waals surface area contributed by atoms with Crippen molar-refractivity contribution in [2.75, 3.05) is 31.2 Å². The van der Waals surface area contributed by atoms with Crippen LogP contribution >= 0.6 is 0 Å². The highest BCUT2D eigenvalue weighted by Crippen LogP contribution is 2.65. The molecule has 1 spiro atoms. The molecule has 0 amide bonds. The summed E-state index contributed by atoms with van der Waals surface area (Å²) in [7, 11) is 0. The molecular weight excluding hydrogens is 502 g/mol. The van der Waals surface area contributed by atoms with Gasteiger partial charge in [-0.25, -0.2) is 0 Å². The van der Waals surface area contributed by atoms with Gasteiger partial charge in [0.05, 0.1) is 13.2 Å². The summed E-state index contributed by atoms with van der Waals surface area (Å²) in [5.74, 6) is 0.398. The molecule has 1 heterocycles. The standard InChI is InChI=1S/C38H43NO2/c1-24-7-12-28-32(17-24)38(22-36(3,4)21-37(5,6)23-38)33-20-34(40)30-19-29(25(2)18-31(30)35(28)33)26-8-10-27(11-9-26)39-13-15-41-16-14-39/h7-12,17-20,40H,13-16,21-23H2,1-6H3. The minimum absolute atomic E-state index is 0.0878. The smallest absolute Gasteiger partial charge is 0.123 e. The Morgan fingerprint density at radius 3 is 2.07 bits per heavy atom. The predicted octanol–water partition coefficient (Wildman–Crippen LogP) is 9.17. The van der Waals surface area contributed by atoms with Gasteiger partial charge in [0, 0.05) is 29.6 Å². The molecule has 2 aliphatic carbocycles. The van der Waals surface area contributed by atoms with Gasteiger partial charge in [-0.1, -0.05) is 69.7 Å². The number of nitrogens with zero attached hydrogens (tertiary/aromatic N) is 1. The third kappa shape index (κ3) is 4.27. The molecule has 1 saturated carbocycles. The summed E-state index contributed by atoms with van der Waals surface area (Å²) in [6.45, 7) is 17.6. The van der Waals surface area contributed by atoms with Gasteiger partial charge in [0.2, 0.25) is 0 Å². The number of benzene rings is 4. The van der Waals surface area contributed by atoms with Crippen LogP contribution in [0.3, 0.4) is 0 Å². The highest BCUT2D eigenvalue weighted by atomic mass is 16.5. The highest BCUT2D eigenvalue weighted by Gasteiger charge is 2.53. The minimum atomic E-state index is -0.0878. The zero-order valence-electron chi connectivity index (χ0n) is 25.5. The van der Waals surface area contributed by atoms with E-state index in [1.807, 2.05) is 0 Å². The second-order valence-electron chi connectivity index (χ2n) is 14.7. The van der Waals surface area contributed by atoms with Gasteiger partial charge < -0.3 is 14.7 Å². The molecule has 4 aromatic carbocycles. The molecule has 1 N–H and O–H groups in total. The lowest BCUT2D eigenvalue weighted by atomic mass is 9.52. The number of aromatic hydroxyl groups is 1. The molecule has 212 valence electrons. The van der Waals surface area contributed by atoms with Crippen molar-refractivity contribution in [1.82, 2.24) is 0 Å². The zero-order chi connectivity index (χ0) is 28.7. The maximum atomic E-state index is 11.7. The van der Waals surface area contributed by atoms with Crippen molar-refractivity contribution >= 4 is 16.5 Å². The second kappa shape index (κ2) is 9.10. The van der Waals surface area contributed by atoms with E-state index < -0.39 is 0 Å². The molecule has 2 fully saturated rings. The molecule has 0 radical (unpaired) electrons. The van der Waals surface area contributed by atoms with E-state index in [9.17, 15) is 5.11 Å². The van der Waals surface area contributed by atoms with Crippen molar-refractivity contribution in [1.29, 1.82) is 0 Å². The number of fused-ring (bicyclic) bond motifs is 7. The number of rotatable bonds is 2. The Balaban J connectivity index is 1.40. The van der Waals surface area contributed by atoms with Crippen LogP contribution in [0.4, 0.5) is 5.69 Å². The van der Waals surface area contributed by atoms with E-state index in [2.05, 4.69) is 107 Å². The number of hydrogen-bond donors (Lipinski definition) is 1. The molecule has 7 rings (SSSR count). The molecule has 3 aliphatic rings.